The van der Waals surface area contributed by atoms with Gasteiger partial charge in [0.2, 0.25) is 0 Å². The lowest BCUT2D eigenvalue weighted by Crippen LogP contribution is -2.38. The molecule has 0 unspecified atom stereocenters. The van der Waals surface area contributed by atoms with Crippen LogP contribution in [0.25, 0.3) is 28.0 Å². The van der Waals surface area contributed by atoms with E-state index in [-0.39, 0.29) is 29.0 Å². The molecule has 0 spiro atoms. The number of nitrogens with two attached hydrogens (primary N) is 1. The van der Waals surface area contributed by atoms with E-state index >= 15 is 0 Å². The number of halogens is 1. The van der Waals surface area contributed by atoms with E-state index in [1.54, 1.807) is 12.4 Å². The van der Waals surface area contributed by atoms with E-state index in [4.69, 9.17) is 10.7 Å². The first-order chi connectivity index (χ1) is 16.4. The molecule has 2 saturated heterocycles. The highest BCUT2D eigenvalue weighted by atomic mass is 35.5. The molecule has 2 aliphatic rings. The van der Waals surface area contributed by atoms with Crippen molar-refractivity contribution >= 4 is 33.7 Å². The van der Waals surface area contributed by atoms with Crippen molar-refractivity contribution in [3.05, 3.63) is 60.6 Å². The first-order valence-electron chi connectivity index (χ1n) is 11.5. The van der Waals surface area contributed by atoms with Crippen LogP contribution in [0.3, 0.4) is 0 Å². The maximum atomic E-state index is 12.8. The van der Waals surface area contributed by atoms with Gasteiger partial charge in [0.25, 0.3) is 0 Å². The number of hydrogen-bond acceptors (Lipinski definition) is 7. The molecule has 0 radical (unpaired) electrons. The third-order valence-corrected chi connectivity index (χ3v) is 8.20. The predicted molar refractivity (Wildman–Crippen MR) is 138 cm³/mol. The summed E-state index contributed by atoms with van der Waals surface area (Å²) in [6, 6.07) is 14.7. The van der Waals surface area contributed by atoms with Crippen LogP contribution in [-0.2, 0) is 9.84 Å². The molecular weight excluding hydrogens is 484 g/mol. The van der Waals surface area contributed by atoms with E-state index in [9.17, 15) is 8.42 Å². The summed E-state index contributed by atoms with van der Waals surface area (Å²) in [5, 5.41) is 8.02. The number of nitrogens with one attached hydrogen (secondary N) is 1. The normalized spacial score (nSPS) is 21.7. The number of piperidine rings is 1. The number of benzene rings is 1. The highest BCUT2D eigenvalue weighted by Crippen LogP contribution is 2.41. The minimum absolute atomic E-state index is 0. The molecule has 4 aromatic rings. The van der Waals surface area contributed by atoms with Crippen LogP contribution in [0, 0.1) is 0 Å². The number of fused-ring (bicyclic) bond motifs is 3. The van der Waals surface area contributed by atoms with Crippen LogP contribution in [0.5, 0.6) is 0 Å². The zero-order chi connectivity index (χ0) is 23.4. The van der Waals surface area contributed by atoms with Crippen molar-refractivity contribution in [3.8, 4) is 22.4 Å². The summed E-state index contributed by atoms with van der Waals surface area (Å²) in [6.45, 7) is 0. The van der Waals surface area contributed by atoms with Crippen LogP contribution < -0.4 is 11.1 Å². The monoisotopic (exact) mass is 510 g/mol. The van der Waals surface area contributed by atoms with Gasteiger partial charge in [-0.25, -0.2) is 13.4 Å². The van der Waals surface area contributed by atoms with Gasteiger partial charge >= 0.3 is 0 Å². The molecule has 35 heavy (non-hydrogen) atoms. The number of sulfone groups is 1. The molecule has 6 rings (SSSR count). The fraction of sp³-hybridized carbons (Fsp3) is 0.320. The molecule has 10 heteroatoms. The highest BCUT2D eigenvalue weighted by molar-refractivity contribution is 7.91. The average molecular weight is 511 g/mol. The minimum atomic E-state index is -3.59. The second-order valence-corrected chi connectivity index (χ2v) is 11.3. The number of nitrogens with zero attached hydrogens (tertiary/aromatic N) is 4. The van der Waals surface area contributed by atoms with Crippen molar-refractivity contribution < 1.29 is 8.42 Å². The van der Waals surface area contributed by atoms with Crippen LogP contribution in [-0.4, -0.2) is 46.3 Å². The summed E-state index contributed by atoms with van der Waals surface area (Å²) in [4.78, 5) is 9.67. The van der Waals surface area contributed by atoms with Crippen molar-refractivity contribution in [3.63, 3.8) is 0 Å². The topological polar surface area (TPSA) is 115 Å². The number of hydrogen-bond donors (Lipinski definition) is 2. The van der Waals surface area contributed by atoms with Crippen LogP contribution in [0.4, 0.5) is 5.82 Å². The van der Waals surface area contributed by atoms with Crippen molar-refractivity contribution in [2.24, 2.45) is 0 Å². The zero-order valence-corrected chi connectivity index (χ0v) is 20.9. The van der Waals surface area contributed by atoms with E-state index in [1.165, 1.54) is 10.8 Å². The maximum Gasteiger partial charge on any atom is 0.180 e. The fourth-order valence-electron chi connectivity index (χ4n) is 5.49. The Kier molecular flexibility index (Phi) is 6.03. The van der Waals surface area contributed by atoms with Gasteiger partial charge in [-0.15, -0.1) is 12.4 Å². The molecule has 3 atom stereocenters. The molecule has 0 amide bonds. The lowest BCUT2D eigenvalue weighted by Gasteiger charge is -2.30. The third kappa shape index (κ3) is 4.17. The summed E-state index contributed by atoms with van der Waals surface area (Å²) in [5.41, 5.74) is 11.1. The molecular formula is C25H27ClN6O2S. The second kappa shape index (κ2) is 8.89. The smallest absolute Gasteiger partial charge is 0.180 e. The molecule has 2 bridgehead atoms. The molecule has 1 aromatic carbocycles. The Balaban J connectivity index is 0.00000253. The first kappa shape index (κ1) is 23.7. The van der Waals surface area contributed by atoms with Gasteiger partial charge in [-0.3, -0.25) is 4.98 Å². The Morgan fingerprint density at radius 2 is 1.71 bits per heavy atom. The predicted octanol–water partition coefficient (Wildman–Crippen LogP) is 3.86. The molecule has 0 saturated carbocycles. The van der Waals surface area contributed by atoms with Crippen LogP contribution in [0.15, 0.2) is 59.8 Å². The zero-order valence-electron chi connectivity index (χ0n) is 19.3. The van der Waals surface area contributed by atoms with Gasteiger partial charge in [-0.05, 0) is 31.7 Å². The molecule has 8 nitrogen and oxygen atoms in total. The number of aromatic nitrogens is 4. The third-order valence-electron chi connectivity index (χ3n) is 7.04. The van der Waals surface area contributed by atoms with Crippen molar-refractivity contribution in [2.75, 3.05) is 12.0 Å². The molecule has 3 aromatic heterocycles. The lowest BCUT2D eigenvalue weighted by molar-refractivity contribution is 0.355. The van der Waals surface area contributed by atoms with Crippen molar-refractivity contribution in [1.29, 1.82) is 0 Å². The summed E-state index contributed by atoms with van der Waals surface area (Å²) in [6.07, 6.45) is 8.62. The standard InChI is InChI=1S/C25H26N6O2S.ClH/c1-34(32,33)23-22(17-11-18-8-9-19(12-17)29-18)30-25-20(14-28-31(25)24(23)26)16-7-10-21(27-13-16)15-5-3-2-4-6-15;/h2-7,10,13-14,17-19,29H,8-9,11-12,26H2,1H3;1H/t17-,18+,19-;. The maximum absolute atomic E-state index is 12.8. The van der Waals surface area contributed by atoms with Gasteiger partial charge in [0.1, 0.15) is 10.7 Å². The van der Waals surface area contributed by atoms with Crippen LogP contribution in [0.1, 0.15) is 37.3 Å². The van der Waals surface area contributed by atoms with Gasteiger partial charge in [0, 0.05) is 47.1 Å². The Hall–Kier alpha value is -3.01. The summed E-state index contributed by atoms with van der Waals surface area (Å²) in [5.74, 6) is 0.158. The molecule has 2 aliphatic heterocycles. The van der Waals surface area contributed by atoms with E-state index in [0.717, 1.165) is 48.1 Å². The quantitative estimate of drug-likeness (QED) is 0.428. The van der Waals surface area contributed by atoms with E-state index in [2.05, 4.69) is 15.4 Å². The number of anilines is 1. The molecule has 2 fully saturated rings. The average Bonchev–Trinajstić information content (AvgIpc) is 3.41. The Morgan fingerprint density at radius 1 is 1.00 bits per heavy atom. The molecule has 0 aliphatic carbocycles. The van der Waals surface area contributed by atoms with Gasteiger partial charge in [-0.1, -0.05) is 36.4 Å². The van der Waals surface area contributed by atoms with Gasteiger partial charge in [0.05, 0.1) is 17.6 Å². The van der Waals surface area contributed by atoms with Gasteiger partial charge in [0.15, 0.2) is 15.5 Å². The molecule has 5 heterocycles. The van der Waals surface area contributed by atoms with E-state index in [0.29, 0.717) is 23.4 Å². The fourth-order valence-corrected chi connectivity index (χ4v) is 6.55. The summed E-state index contributed by atoms with van der Waals surface area (Å²) < 4.78 is 27.0. The van der Waals surface area contributed by atoms with Crippen LogP contribution >= 0.6 is 12.4 Å². The van der Waals surface area contributed by atoms with Crippen molar-refractivity contribution in [1.82, 2.24) is 24.9 Å². The second-order valence-electron chi connectivity index (χ2n) is 9.38. The van der Waals surface area contributed by atoms with Gasteiger partial charge < -0.3 is 11.1 Å². The minimum Gasteiger partial charge on any atom is -0.382 e. The molecule has 182 valence electrons. The summed E-state index contributed by atoms with van der Waals surface area (Å²) >= 11 is 0. The lowest BCUT2D eigenvalue weighted by atomic mass is 9.89. The van der Waals surface area contributed by atoms with E-state index in [1.807, 2.05) is 42.5 Å². The Labute approximate surface area is 210 Å². The molecule has 3 N–H and O–H groups in total. The largest absolute Gasteiger partial charge is 0.382 e. The Bertz CT molecular complexity index is 1480. The number of pyridine rings is 1. The highest BCUT2D eigenvalue weighted by Gasteiger charge is 2.38. The van der Waals surface area contributed by atoms with E-state index < -0.39 is 9.84 Å². The van der Waals surface area contributed by atoms with Gasteiger partial charge in [-0.2, -0.15) is 9.61 Å². The summed E-state index contributed by atoms with van der Waals surface area (Å²) in [7, 11) is -3.59. The first-order valence-corrected chi connectivity index (χ1v) is 13.4. The number of nitrogen functional groups attached to an aromatic ring is 1. The Morgan fingerprint density at radius 3 is 2.34 bits per heavy atom. The van der Waals surface area contributed by atoms with Crippen molar-refractivity contribution in [2.45, 2.75) is 48.6 Å². The van der Waals surface area contributed by atoms with Crippen LogP contribution in [0.2, 0.25) is 0 Å². The SMILES string of the molecule is CS(=O)(=O)c1c([C@H]2C[C@H]3CC[C@@H](C2)N3)nc2c(-c3ccc(-c4ccccc4)nc3)cnn2c1N.Cl. The number of rotatable bonds is 4.